The first-order valence-corrected chi connectivity index (χ1v) is 7.26. The van der Waals surface area contributed by atoms with Crippen molar-refractivity contribution in [1.82, 2.24) is 9.97 Å². The van der Waals surface area contributed by atoms with Gasteiger partial charge in [0, 0.05) is 23.4 Å². The molecule has 3 nitrogen and oxygen atoms in total. The second-order valence-electron chi connectivity index (χ2n) is 5.59. The first-order valence-electron chi connectivity index (χ1n) is 7.26. The minimum absolute atomic E-state index is 0.293. The van der Waals surface area contributed by atoms with E-state index in [1.807, 2.05) is 6.92 Å². The Labute approximate surface area is 119 Å². The van der Waals surface area contributed by atoms with E-state index in [9.17, 15) is 5.11 Å². The number of aromatic nitrogens is 2. The third kappa shape index (κ3) is 2.34. The zero-order valence-electron chi connectivity index (χ0n) is 12.0. The van der Waals surface area contributed by atoms with Gasteiger partial charge in [0.2, 0.25) is 0 Å². The molecular formula is C17H20N2O. The lowest BCUT2D eigenvalue weighted by Crippen LogP contribution is -2.15. The Morgan fingerprint density at radius 3 is 2.85 bits per heavy atom. The summed E-state index contributed by atoms with van der Waals surface area (Å²) in [7, 11) is 0. The standard InChI is InChI=1S/C17H20N2O/c1-11-16(12(2)20)10-18-17(19-11)15-9-5-7-13-6-3-4-8-14(13)15/h3-4,6,8,10,12,15,20H,5,7,9H2,1-2H3. The van der Waals surface area contributed by atoms with Crippen LogP contribution in [0.2, 0.25) is 0 Å². The fraction of sp³-hybridized carbons (Fsp3) is 0.412. The number of hydrogen-bond acceptors (Lipinski definition) is 3. The summed E-state index contributed by atoms with van der Waals surface area (Å²) >= 11 is 0. The SMILES string of the molecule is Cc1nc(C2CCCc3ccccc32)ncc1C(C)O. The molecule has 1 heterocycles. The van der Waals surface area contributed by atoms with E-state index < -0.39 is 6.10 Å². The third-order valence-corrected chi connectivity index (χ3v) is 4.17. The molecule has 0 saturated carbocycles. The summed E-state index contributed by atoms with van der Waals surface area (Å²) in [5.74, 6) is 1.18. The van der Waals surface area contributed by atoms with Gasteiger partial charge in [-0.15, -0.1) is 0 Å². The number of aliphatic hydroxyl groups excluding tert-OH is 1. The van der Waals surface area contributed by atoms with Gasteiger partial charge in [0.1, 0.15) is 5.82 Å². The highest BCUT2D eigenvalue weighted by molar-refractivity contribution is 5.36. The molecular weight excluding hydrogens is 248 g/mol. The van der Waals surface area contributed by atoms with E-state index in [1.54, 1.807) is 13.1 Å². The monoisotopic (exact) mass is 268 g/mol. The maximum atomic E-state index is 9.68. The van der Waals surface area contributed by atoms with Crippen molar-refractivity contribution in [1.29, 1.82) is 0 Å². The lowest BCUT2D eigenvalue weighted by Gasteiger charge is -2.24. The molecule has 104 valence electrons. The Hall–Kier alpha value is -1.74. The van der Waals surface area contributed by atoms with E-state index >= 15 is 0 Å². The molecule has 0 fully saturated rings. The quantitative estimate of drug-likeness (QED) is 0.909. The van der Waals surface area contributed by atoms with Gasteiger partial charge in [0.15, 0.2) is 0 Å². The molecule has 1 aromatic heterocycles. The molecule has 2 aromatic rings. The minimum atomic E-state index is -0.511. The molecule has 2 atom stereocenters. The smallest absolute Gasteiger partial charge is 0.135 e. The van der Waals surface area contributed by atoms with Crippen molar-refractivity contribution in [2.75, 3.05) is 0 Å². The highest BCUT2D eigenvalue weighted by Crippen LogP contribution is 2.35. The molecule has 0 bridgehead atoms. The van der Waals surface area contributed by atoms with E-state index in [2.05, 4.69) is 34.2 Å². The van der Waals surface area contributed by atoms with Crippen LogP contribution in [0, 0.1) is 6.92 Å². The van der Waals surface area contributed by atoms with Gasteiger partial charge in [0.05, 0.1) is 6.10 Å². The summed E-state index contributed by atoms with van der Waals surface area (Å²) < 4.78 is 0. The molecule has 20 heavy (non-hydrogen) atoms. The lowest BCUT2D eigenvalue weighted by molar-refractivity contribution is 0.197. The van der Waals surface area contributed by atoms with Crippen molar-refractivity contribution in [3.05, 3.63) is 58.7 Å². The summed E-state index contributed by atoms with van der Waals surface area (Å²) in [6, 6.07) is 8.59. The molecule has 1 N–H and O–H groups in total. The van der Waals surface area contributed by atoms with Crippen LogP contribution in [0.25, 0.3) is 0 Å². The molecule has 0 amide bonds. The first-order chi connectivity index (χ1) is 9.66. The van der Waals surface area contributed by atoms with Crippen LogP contribution in [0.3, 0.4) is 0 Å². The van der Waals surface area contributed by atoms with Crippen LogP contribution in [0.15, 0.2) is 30.5 Å². The van der Waals surface area contributed by atoms with Crippen molar-refractivity contribution < 1.29 is 5.11 Å². The van der Waals surface area contributed by atoms with Crippen LogP contribution < -0.4 is 0 Å². The summed E-state index contributed by atoms with van der Waals surface area (Å²) in [6.07, 6.45) is 4.70. The van der Waals surface area contributed by atoms with Gasteiger partial charge in [-0.2, -0.15) is 0 Å². The van der Waals surface area contributed by atoms with Crippen LogP contribution in [0.5, 0.6) is 0 Å². The largest absolute Gasteiger partial charge is 0.389 e. The average molecular weight is 268 g/mol. The maximum absolute atomic E-state index is 9.68. The zero-order chi connectivity index (χ0) is 14.1. The normalized spacial score (nSPS) is 19.4. The van der Waals surface area contributed by atoms with E-state index in [0.717, 1.165) is 29.9 Å². The van der Waals surface area contributed by atoms with E-state index in [4.69, 9.17) is 0 Å². The van der Waals surface area contributed by atoms with Gasteiger partial charge in [-0.3, -0.25) is 0 Å². The Kier molecular flexibility index (Phi) is 3.53. The number of hydrogen-bond donors (Lipinski definition) is 1. The van der Waals surface area contributed by atoms with Crippen molar-refractivity contribution >= 4 is 0 Å². The summed E-state index contributed by atoms with van der Waals surface area (Å²) in [5, 5.41) is 9.68. The number of nitrogens with zero attached hydrogens (tertiary/aromatic N) is 2. The molecule has 3 heteroatoms. The summed E-state index contributed by atoms with van der Waals surface area (Å²) in [6.45, 7) is 3.70. The van der Waals surface area contributed by atoms with Crippen molar-refractivity contribution in [2.24, 2.45) is 0 Å². The number of rotatable bonds is 2. The van der Waals surface area contributed by atoms with E-state index in [0.29, 0.717) is 5.92 Å². The van der Waals surface area contributed by atoms with E-state index in [1.165, 1.54) is 17.5 Å². The number of aliphatic hydroxyl groups is 1. The third-order valence-electron chi connectivity index (χ3n) is 4.17. The van der Waals surface area contributed by atoms with Gasteiger partial charge in [0.25, 0.3) is 0 Å². The average Bonchev–Trinajstić information content (AvgIpc) is 2.46. The number of benzene rings is 1. The number of fused-ring (bicyclic) bond motifs is 1. The Balaban J connectivity index is 2.00. The minimum Gasteiger partial charge on any atom is -0.389 e. The van der Waals surface area contributed by atoms with Gasteiger partial charge < -0.3 is 5.11 Å². The molecule has 1 aliphatic carbocycles. The van der Waals surface area contributed by atoms with Gasteiger partial charge in [-0.25, -0.2) is 9.97 Å². The van der Waals surface area contributed by atoms with Crippen LogP contribution in [-0.4, -0.2) is 15.1 Å². The molecule has 0 saturated heterocycles. The van der Waals surface area contributed by atoms with Crippen molar-refractivity contribution in [3.63, 3.8) is 0 Å². The fourth-order valence-electron chi connectivity index (χ4n) is 3.09. The highest BCUT2D eigenvalue weighted by Gasteiger charge is 2.24. The molecule has 0 radical (unpaired) electrons. The van der Waals surface area contributed by atoms with E-state index in [-0.39, 0.29) is 0 Å². The fourth-order valence-corrected chi connectivity index (χ4v) is 3.09. The van der Waals surface area contributed by atoms with Crippen LogP contribution in [0.4, 0.5) is 0 Å². The second-order valence-corrected chi connectivity index (χ2v) is 5.59. The Morgan fingerprint density at radius 1 is 1.30 bits per heavy atom. The molecule has 2 unspecified atom stereocenters. The summed E-state index contributed by atoms with van der Waals surface area (Å²) in [4.78, 5) is 9.16. The van der Waals surface area contributed by atoms with Crippen LogP contribution >= 0.6 is 0 Å². The molecule has 0 spiro atoms. The summed E-state index contributed by atoms with van der Waals surface area (Å²) in [5.41, 5.74) is 4.48. The first kappa shape index (κ1) is 13.3. The highest BCUT2D eigenvalue weighted by atomic mass is 16.3. The predicted octanol–water partition coefficient (Wildman–Crippen LogP) is 3.31. The topological polar surface area (TPSA) is 46.0 Å². The Bertz CT molecular complexity index is 622. The van der Waals surface area contributed by atoms with Crippen molar-refractivity contribution in [3.8, 4) is 0 Å². The van der Waals surface area contributed by atoms with Gasteiger partial charge >= 0.3 is 0 Å². The molecule has 0 aliphatic heterocycles. The zero-order valence-corrected chi connectivity index (χ0v) is 12.0. The van der Waals surface area contributed by atoms with Gasteiger partial charge in [-0.1, -0.05) is 24.3 Å². The van der Waals surface area contributed by atoms with Gasteiger partial charge in [-0.05, 0) is 44.2 Å². The molecule has 1 aliphatic rings. The second kappa shape index (κ2) is 5.33. The lowest BCUT2D eigenvalue weighted by atomic mass is 9.82. The molecule has 1 aromatic carbocycles. The van der Waals surface area contributed by atoms with Crippen LogP contribution in [-0.2, 0) is 6.42 Å². The van der Waals surface area contributed by atoms with Crippen molar-refractivity contribution in [2.45, 2.75) is 45.1 Å². The van der Waals surface area contributed by atoms with Crippen LogP contribution in [0.1, 0.15) is 60.0 Å². The Morgan fingerprint density at radius 2 is 2.10 bits per heavy atom. The molecule has 3 rings (SSSR count). The maximum Gasteiger partial charge on any atom is 0.135 e. The number of aryl methyl sites for hydroxylation is 2. The predicted molar refractivity (Wildman–Crippen MR) is 78.6 cm³/mol.